The number of rotatable bonds is 3. The Hall–Kier alpha value is -1.54. The van der Waals surface area contributed by atoms with Crippen LogP contribution < -0.4 is 4.74 Å². The van der Waals surface area contributed by atoms with Crippen molar-refractivity contribution in [3.63, 3.8) is 0 Å². The Morgan fingerprint density at radius 2 is 1.90 bits per heavy atom. The van der Waals surface area contributed by atoms with Gasteiger partial charge >= 0.3 is 0 Å². The maximum absolute atomic E-state index is 6.29. The summed E-state index contributed by atoms with van der Waals surface area (Å²) in [6.45, 7) is 8.95. The quantitative estimate of drug-likeness (QED) is 0.800. The maximum Gasteiger partial charge on any atom is 0.138 e. The molecule has 1 heterocycles. The summed E-state index contributed by atoms with van der Waals surface area (Å²) in [6.07, 6.45) is 1.79. The van der Waals surface area contributed by atoms with Crippen LogP contribution >= 0.6 is 11.6 Å². The molecule has 106 valence electrons. The van der Waals surface area contributed by atoms with Crippen LogP contribution in [0.5, 0.6) is 5.75 Å². The molecule has 2 rings (SSSR count). The summed E-state index contributed by atoms with van der Waals surface area (Å²) in [4.78, 5) is 4.27. The lowest BCUT2D eigenvalue weighted by Crippen LogP contribution is -2.11. The number of benzene rings is 1. The summed E-state index contributed by atoms with van der Waals surface area (Å²) in [7, 11) is 0. The zero-order valence-corrected chi connectivity index (χ0v) is 13.2. The summed E-state index contributed by atoms with van der Waals surface area (Å²) >= 11 is 6.29. The Kier molecular flexibility index (Phi) is 4.34. The number of aryl methyl sites for hydroxylation is 1. The van der Waals surface area contributed by atoms with Gasteiger partial charge in [0.15, 0.2) is 0 Å². The monoisotopic (exact) mass is 289 g/mol. The van der Waals surface area contributed by atoms with Gasteiger partial charge in [-0.05, 0) is 47.7 Å². The molecule has 1 aromatic heterocycles. The average molecular weight is 290 g/mol. The molecular weight excluding hydrogens is 270 g/mol. The molecule has 0 amide bonds. The van der Waals surface area contributed by atoms with Gasteiger partial charge in [0.1, 0.15) is 12.4 Å². The van der Waals surface area contributed by atoms with Crippen molar-refractivity contribution in [2.75, 3.05) is 0 Å². The molecule has 0 radical (unpaired) electrons. The SMILES string of the molecule is Cc1ccnc(COc2ccc(C(C)(C)C)cc2Cl)c1. The Bertz CT molecular complexity index is 602. The second kappa shape index (κ2) is 5.84. The Morgan fingerprint density at radius 1 is 1.15 bits per heavy atom. The van der Waals surface area contributed by atoms with Crippen molar-refractivity contribution in [1.82, 2.24) is 4.98 Å². The molecule has 0 fully saturated rings. The van der Waals surface area contributed by atoms with E-state index in [1.54, 1.807) is 6.20 Å². The van der Waals surface area contributed by atoms with Crippen LogP contribution in [0.4, 0.5) is 0 Å². The summed E-state index contributed by atoms with van der Waals surface area (Å²) in [6, 6.07) is 9.94. The van der Waals surface area contributed by atoms with Crippen LogP contribution in [-0.4, -0.2) is 4.98 Å². The molecule has 2 nitrogen and oxygen atoms in total. The Balaban J connectivity index is 2.11. The number of pyridine rings is 1. The fourth-order valence-electron chi connectivity index (χ4n) is 1.91. The standard InChI is InChI=1S/C17H20ClNO/c1-12-7-8-19-14(9-12)11-20-16-6-5-13(10-15(16)18)17(2,3)4/h5-10H,11H2,1-4H3. The van der Waals surface area contributed by atoms with Crippen molar-refractivity contribution in [3.05, 3.63) is 58.4 Å². The van der Waals surface area contributed by atoms with Crippen molar-refractivity contribution in [3.8, 4) is 5.75 Å². The molecule has 0 N–H and O–H groups in total. The van der Waals surface area contributed by atoms with E-state index in [2.05, 4.69) is 31.8 Å². The normalized spacial score (nSPS) is 11.4. The van der Waals surface area contributed by atoms with Crippen LogP contribution in [-0.2, 0) is 12.0 Å². The molecule has 0 unspecified atom stereocenters. The van der Waals surface area contributed by atoms with Gasteiger partial charge in [-0.2, -0.15) is 0 Å². The van der Waals surface area contributed by atoms with Gasteiger partial charge in [0.2, 0.25) is 0 Å². The molecule has 0 bridgehead atoms. The van der Waals surface area contributed by atoms with Crippen LogP contribution in [0.15, 0.2) is 36.5 Å². The number of hydrogen-bond donors (Lipinski definition) is 0. The van der Waals surface area contributed by atoms with Crippen LogP contribution in [0.3, 0.4) is 0 Å². The third kappa shape index (κ3) is 3.73. The topological polar surface area (TPSA) is 22.1 Å². The van der Waals surface area contributed by atoms with E-state index in [0.29, 0.717) is 17.4 Å². The highest BCUT2D eigenvalue weighted by Crippen LogP contribution is 2.31. The summed E-state index contributed by atoms with van der Waals surface area (Å²) in [5, 5.41) is 0.644. The van der Waals surface area contributed by atoms with E-state index < -0.39 is 0 Å². The molecule has 3 heteroatoms. The fourth-order valence-corrected chi connectivity index (χ4v) is 2.15. The summed E-state index contributed by atoms with van der Waals surface area (Å²) in [5.41, 5.74) is 3.36. The van der Waals surface area contributed by atoms with Crippen molar-refractivity contribution in [2.24, 2.45) is 0 Å². The predicted octanol–water partition coefficient (Wildman–Crippen LogP) is 4.92. The zero-order chi connectivity index (χ0) is 14.8. The Morgan fingerprint density at radius 3 is 2.50 bits per heavy atom. The van der Waals surface area contributed by atoms with Crippen LogP contribution in [0.1, 0.15) is 37.6 Å². The molecule has 0 saturated carbocycles. The molecule has 0 aliphatic heterocycles. The number of nitrogens with zero attached hydrogens (tertiary/aromatic N) is 1. The smallest absolute Gasteiger partial charge is 0.138 e. The molecule has 0 aliphatic rings. The lowest BCUT2D eigenvalue weighted by atomic mass is 9.87. The van der Waals surface area contributed by atoms with E-state index in [0.717, 1.165) is 5.69 Å². The lowest BCUT2D eigenvalue weighted by Gasteiger charge is -2.20. The number of hydrogen-bond acceptors (Lipinski definition) is 2. The maximum atomic E-state index is 6.29. The van der Waals surface area contributed by atoms with Gasteiger partial charge in [-0.25, -0.2) is 0 Å². The first kappa shape index (κ1) is 14.9. The summed E-state index contributed by atoms with van der Waals surface area (Å²) in [5.74, 6) is 0.697. The molecule has 0 atom stereocenters. The first-order chi connectivity index (χ1) is 9.36. The molecule has 0 aliphatic carbocycles. The zero-order valence-electron chi connectivity index (χ0n) is 12.4. The molecule has 2 aromatic rings. The van der Waals surface area contributed by atoms with Gasteiger partial charge in [0.25, 0.3) is 0 Å². The Labute approximate surface area is 125 Å². The van der Waals surface area contributed by atoms with Gasteiger partial charge in [0, 0.05) is 6.20 Å². The first-order valence-corrected chi connectivity index (χ1v) is 7.08. The van der Waals surface area contributed by atoms with Crippen molar-refractivity contribution in [1.29, 1.82) is 0 Å². The third-order valence-corrected chi connectivity index (χ3v) is 3.44. The minimum absolute atomic E-state index is 0.0836. The number of aromatic nitrogens is 1. The van der Waals surface area contributed by atoms with E-state index in [4.69, 9.17) is 16.3 Å². The minimum atomic E-state index is 0.0836. The highest BCUT2D eigenvalue weighted by atomic mass is 35.5. The van der Waals surface area contributed by atoms with Gasteiger partial charge < -0.3 is 4.74 Å². The highest BCUT2D eigenvalue weighted by molar-refractivity contribution is 6.32. The molecule has 20 heavy (non-hydrogen) atoms. The van der Waals surface area contributed by atoms with Crippen LogP contribution in [0.2, 0.25) is 5.02 Å². The molecule has 1 aromatic carbocycles. The minimum Gasteiger partial charge on any atom is -0.486 e. The predicted molar refractivity (Wildman–Crippen MR) is 83.5 cm³/mol. The van der Waals surface area contributed by atoms with Crippen molar-refractivity contribution in [2.45, 2.75) is 39.7 Å². The lowest BCUT2D eigenvalue weighted by molar-refractivity contribution is 0.301. The largest absolute Gasteiger partial charge is 0.486 e. The van der Waals surface area contributed by atoms with E-state index in [9.17, 15) is 0 Å². The van der Waals surface area contributed by atoms with Gasteiger partial charge in [-0.1, -0.05) is 38.4 Å². The summed E-state index contributed by atoms with van der Waals surface area (Å²) < 4.78 is 5.75. The van der Waals surface area contributed by atoms with E-state index in [-0.39, 0.29) is 5.41 Å². The number of halogens is 1. The first-order valence-electron chi connectivity index (χ1n) is 6.70. The van der Waals surface area contributed by atoms with E-state index in [1.165, 1.54) is 11.1 Å². The average Bonchev–Trinajstić information content (AvgIpc) is 2.36. The van der Waals surface area contributed by atoms with Crippen molar-refractivity contribution < 1.29 is 4.74 Å². The molecule has 0 spiro atoms. The highest BCUT2D eigenvalue weighted by Gasteiger charge is 2.15. The van der Waals surface area contributed by atoms with Crippen molar-refractivity contribution >= 4 is 11.6 Å². The van der Waals surface area contributed by atoms with Gasteiger partial charge in [0.05, 0.1) is 10.7 Å². The third-order valence-electron chi connectivity index (χ3n) is 3.15. The molecular formula is C17H20ClNO. The van der Waals surface area contributed by atoms with E-state index >= 15 is 0 Å². The second-order valence-electron chi connectivity index (χ2n) is 6.01. The van der Waals surface area contributed by atoms with Gasteiger partial charge in [-0.3, -0.25) is 4.98 Å². The molecule has 0 saturated heterocycles. The van der Waals surface area contributed by atoms with Crippen LogP contribution in [0, 0.1) is 6.92 Å². The fraction of sp³-hybridized carbons (Fsp3) is 0.353. The number of ether oxygens (including phenoxy) is 1. The second-order valence-corrected chi connectivity index (χ2v) is 6.42. The van der Waals surface area contributed by atoms with Gasteiger partial charge in [-0.15, -0.1) is 0 Å². The van der Waals surface area contributed by atoms with E-state index in [1.807, 2.05) is 31.2 Å². The van der Waals surface area contributed by atoms with Crippen LogP contribution in [0.25, 0.3) is 0 Å².